The number of alkyl halides is 2. The molecule has 0 bridgehead atoms. The molecule has 0 spiro atoms. The van der Waals surface area contributed by atoms with Crippen LogP contribution < -0.4 is 21.7 Å². The first-order valence-electron chi connectivity index (χ1n) is 20.9. The van der Waals surface area contributed by atoms with E-state index in [0.717, 1.165) is 64.2 Å². The van der Waals surface area contributed by atoms with Crippen molar-refractivity contribution in [2.45, 2.75) is 164 Å². The van der Waals surface area contributed by atoms with Crippen molar-refractivity contribution < 1.29 is 22.0 Å². The molecule has 1 aromatic heterocycles. The number of rotatable bonds is 7. The van der Waals surface area contributed by atoms with Crippen molar-refractivity contribution >= 4 is 27.6 Å². The number of hydrogen-bond donors (Lipinski definition) is 4. The topological polar surface area (TPSA) is 138 Å². The van der Waals surface area contributed by atoms with Crippen LogP contribution in [0.25, 0.3) is 0 Å². The van der Waals surface area contributed by atoms with Crippen LogP contribution in [0, 0.1) is 11.8 Å². The highest BCUT2D eigenvalue weighted by Gasteiger charge is 2.49. The Bertz CT molecular complexity index is 1430. The van der Waals surface area contributed by atoms with Crippen LogP contribution in [0.2, 0.25) is 0 Å². The van der Waals surface area contributed by atoms with Crippen LogP contribution in [0.5, 0.6) is 0 Å². The molecule has 3 aliphatic carbocycles. The van der Waals surface area contributed by atoms with Gasteiger partial charge < -0.3 is 21.7 Å². The maximum absolute atomic E-state index is 17.2. The second-order valence-corrected chi connectivity index (χ2v) is 19.1. The Morgan fingerprint density at radius 2 is 1.31 bits per heavy atom. The SMILES string of the molecule is Nc1nn2c(c1C(=O)NC1CNC(C3CCCCCCCC3)C(F)C1N1CCN(S(=O)(=O)C3CC3)CC1)NCC(F)C2C1CCCCCCCCC1. The number of halogens is 2. The Morgan fingerprint density at radius 1 is 0.750 bits per heavy atom. The third-order valence-electron chi connectivity index (χ3n) is 13.3. The molecule has 294 valence electrons. The lowest BCUT2D eigenvalue weighted by atomic mass is 9.80. The molecular formula is C38H64F2N8O3S. The van der Waals surface area contributed by atoms with Gasteiger partial charge in [0.15, 0.2) is 5.82 Å². The van der Waals surface area contributed by atoms with Crippen LogP contribution in [-0.2, 0) is 10.0 Å². The number of hydrogen-bond acceptors (Lipinski definition) is 8. The van der Waals surface area contributed by atoms with E-state index in [0.29, 0.717) is 51.4 Å². The molecule has 6 unspecified atom stereocenters. The van der Waals surface area contributed by atoms with Gasteiger partial charge in [-0.25, -0.2) is 21.9 Å². The maximum atomic E-state index is 17.2. The lowest BCUT2D eigenvalue weighted by Crippen LogP contribution is -2.71. The van der Waals surface area contributed by atoms with Crippen LogP contribution in [0.4, 0.5) is 20.4 Å². The number of nitrogens with one attached hydrogen (secondary N) is 3. The zero-order valence-corrected chi connectivity index (χ0v) is 31.9. The molecule has 1 amide bonds. The van der Waals surface area contributed by atoms with Gasteiger partial charge in [0.1, 0.15) is 23.7 Å². The summed E-state index contributed by atoms with van der Waals surface area (Å²) in [6.07, 6.45) is 18.0. The molecule has 7 rings (SSSR count). The highest BCUT2D eigenvalue weighted by molar-refractivity contribution is 7.90. The summed E-state index contributed by atoms with van der Waals surface area (Å²) in [5.74, 6) is 0.385. The van der Waals surface area contributed by atoms with E-state index in [-0.39, 0.29) is 41.1 Å². The average Bonchev–Trinajstić information content (AvgIpc) is 3.92. The van der Waals surface area contributed by atoms with E-state index < -0.39 is 46.4 Å². The molecule has 6 atom stereocenters. The van der Waals surface area contributed by atoms with Gasteiger partial charge in [-0.1, -0.05) is 83.5 Å². The maximum Gasteiger partial charge on any atom is 0.259 e. The lowest BCUT2D eigenvalue weighted by Gasteiger charge is -2.49. The van der Waals surface area contributed by atoms with Crippen molar-refractivity contribution in [1.29, 1.82) is 0 Å². The highest BCUT2D eigenvalue weighted by atomic mass is 32.2. The smallest absolute Gasteiger partial charge is 0.259 e. The average molecular weight is 751 g/mol. The second-order valence-electron chi connectivity index (χ2n) is 16.8. The van der Waals surface area contributed by atoms with Gasteiger partial charge >= 0.3 is 0 Å². The Hall–Kier alpha value is -2.03. The van der Waals surface area contributed by atoms with Crippen molar-refractivity contribution in [3.63, 3.8) is 0 Å². The van der Waals surface area contributed by atoms with Gasteiger partial charge in [-0.15, -0.1) is 0 Å². The van der Waals surface area contributed by atoms with Crippen molar-refractivity contribution in [2.75, 3.05) is 50.3 Å². The number of carbonyl (C=O) groups excluding carboxylic acids is 1. The third-order valence-corrected chi connectivity index (χ3v) is 15.7. The number of piperazine rings is 1. The first-order valence-corrected chi connectivity index (χ1v) is 22.4. The van der Waals surface area contributed by atoms with E-state index in [9.17, 15) is 13.2 Å². The molecule has 6 aliphatic rings. The van der Waals surface area contributed by atoms with Gasteiger partial charge in [-0.3, -0.25) is 9.69 Å². The number of sulfonamides is 1. The number of amides is 1. The highest BCUT2D eigenvalue weighted by Crippen LogP contribution is 2.41. The molecule has 3 saturated carbocycles. The number of nitrogen functional groups attached to an aromatic ring is 1. The predicted molar refractivity (Wildman–Crippen MR) is 201 cm³/mol. The summed E-state index contributed by atoms with van der Waals surface area (Å²) in [7, 11) is -3.32. The molecule has 11 nitrogen and oxygen atoms in total. The summed E-state index contributed by atoms with van der Waals surface area (Å²) in [6, 6.07) is -2.03. The number of nitrogens with zero attached hydrogens (tertiary/aromatic N) is 4. The fourth-order valence-electron chi connectivity index (χ4n) is 10.3. The summed E-state index contributed by atoms with van der Waals surface area (Å²) < 4.78 is 62.3. The number of fused-ring (bicyclic) bond motifs is 1. The summed E-state index contributed by atoms with van der Waals surface area (Å²) in [4.78, 5) is 16.4. The quantitative estimate of drug-likeness (QED) is 0.285. The summed E-state index contributed by atoms with van der Waals surface area (Å²) in [6.45, 7) is 1.95. The summed E-state index contributed by atoms with van der Waals surface area (Å²) >= 11 is 0. The predicted octanol–water partition coefficient (Wildman–Crippen LogP) is 5.55. The normalized spacial score (nSPS) is 33.2. The Balaban J connectivity index is 1.11. The van der Waals surface area contributed by atoms with Gasteiger partial charge in [0, 0.05) is 45.3 Å². The first-order chi connectivity index (χ1) is 25.2. The molecule has 5 N–H and O–H groups in total. The van der Waals surface area contributed by atoms with E-state index in [1.807, 2.05) is 0 Å². The lowest BCUT2D eigenvalue weighted by molar-refractivity contribution is 0.00152. The van der Waals surface area contributed by atoms with Crippen LogP contribution in [0.15, 0.2) is 0 Å². The molecular weight excluding hydrogens is 687 g/mol. The van der Waals surface area contributed by atoms with Gasteiger partial charge in [0.05, 0.1) is 23.4 Å². The molecule has 4 heterocycles. The van der Waals surface area contributed by atoms with E-state index in [2.05, 4.69) is 25.9 Å². The number of nitrogens with two attached hydrogens (primary N) is 1. The fourth-order valence-corrected chi connectivity index (χ4v) is 12.1. The van der Waals surface area contributed by atoms with E-state index in [4.69, 9.17) is 5.73 Å². The summed E-state index contributed by atoms with van der Waals surface area (Å²) in [5, 5.41) is 14.2. The third kappa shape index (κ3) is 8.44. The van der Waals surface area contributed by atoms with Crippen LogP contribution in [0.1, 0.15) is 138 Å². The van der Waals surface area contributed by atoms with E-state index in [1.54, 1.807) is 8.99 Å². The fraction of sp³-hybridized carbons (Fsp3) is 0.895. The Labute approximate surface area is 310 Å². The molecule has 3 aliphatic heterocycles. The molecule has 5 fully saturated rings. The van der Waals surface area contributed by atoms with Crippen molar-refractivity contribution in [2.24, 2.45) is 11.8 Å². The molecule has 52 heavy (non-hydrogen) atoms. The van der Waals surface area contributed by atoms with Crippen LogP contribution in [-0.4, -0.2) is 108 Å². The Morgan fingerprint density at radius 3 is 1.88 bits per heavy atom. The molecule has 14 heteroatoms. The molecule has 0 radical (unpaired) electrons. The Kier molecular flexibility index (Phi) is 12.6. The van der Waals surface area contributed by atoms with Gasteiger partial charge in [-0.05, 0) is 50.4 Å². The van der Waals surface area contributed by atoms with Gasteiger partial charge in [-0.2, -0.15) is 9.40 Å². The minimum Gasteiger partial charge on any atom is -0.381 e. The van der Waals surface area contributed by atoms with Gasteiger partial charge in [0.25, 0.3) is 5.91 Å². The van der Waals surface area contributed by atoms with E-state index in [1.165, 1.54) is 44.9 Å². The monoisotopic (exact) mass is 750 g/mol. The zero-order valence-electron chi connectivity index (χ0n) is 31.1. The van der Waals surface area contributed by atoms with E-state index >= 15 is 8.78 Å². The minimum absolute atomic E-state index is 0.0541. The first kappa shape index (κ1) is 38.3. The van der Waals surface area contributed by atoms with Crippen molar-refractivity contribution in [3.8, 4) is 0 Å². The molecule has 1 aromatic rings. The number of piperidine rings is 1. The molecule has 0 aromatic carbocycles. The number of anilines is 2. The van der Waals surface area contributed by atoms with Crippen LogP contribution in [0.3, 0.4) is 0 Å². The summed E-state index contributed by atoms with van der Waals surface area (Å²) in [5.41, 5.74) is 6.70. The molecule has 2 saturated heterocycles. The zero-order chi connectivity index (χ0) is 36.2. The number of carbonyl (C=O) groups is 1. The van der Waals surface area contributed by atoms with Gasteiger partial charge in [0.2, 0.25) is 10.0 Å². The van der Waals surface area contributed by atoms with Crippen LogP contribution >= 0.6 is 0 Å². The second kappa shape index (κ2) is 17.2. The van der Waals surface area contributed by atoms with Crippen molar-refractivity contribution in [1.82, 2.24) is 29.6 Å². The largest absolute Gasteiger partial charge is 0.381 e. The van der Waals surface area contributed by atoms with Crippen molar-refractivity contribution in [3.05, 3.63) is 5.56 Å². The standard InChI is InChI=1S/C38H64F2N8O3S/c39-29-24-43-37-31(36(41)45-48(37)34(29)27-16-12-8-2-1-3-9-13-17-27)38(49)44-30-25-42-33(26-14-10-6-4-5-7-11-15-26)32(40)35(30)46-20-22-47(23-21-46)52(50,51)28-18-19-28/h26-30,32-35,42-43H,1-25H2,(H2,41,45)(H,44,49). The number of aromatic nitrogens is 2. The minimum atomic E-state index is -3.32.